The van der Waals surface area contributed by atoms with Gasteiger partial charge in [-0.3, -0.25) is 4.79 Å². The van der Waals surface area contributed by atoms with Crippen molar-refractivity contribution in [1.29, 1.82) is 0 Å². The van der Waals surface area contributed by atoms with Crippen molar-refractivity contribution in [2.75, 3.05) is 6.61 Å². The Labute approximate surface area is 140 Å². The van der Waals surface area contributed by atoms with Gasteiger partial charge in [-0.25, -0.2) is 0 Å². The molecule has 4 rings (SSSR count). The average Bonchev–Trinajstić information content (AvgIpc) is 3.04. The molecule has 0 amide bonds. The summed E-state index contributed by atoms with van der Waals surface area (Å²) in [4.78, 5) is 13.1. The van der Waals surface area contributed by atoms with E-state index in [-0.39, 0.29) is 11.8 Å². The summed E-state index contributed by atoms with van der Waals surface area (Å²) < 4.78 is 13.3. The van der Waals surface area contributed by atoms with E-state index >= 15 is 0 Å². The molecule has 0 radical (unpaired) electrons. The van der Waals surface area contributed by atoms with E-state index in [1.165, 1.54) is 0 Å². The van der Waals surface area contributed by atoms with Crippen molar-refractivity contribution in [2.45, 2.75) is 26.2 Å². The number of hydrogen-bond acceptors (Lipinski definition) is 3. The molecule has 122 valence electrons. The van der Waals surface area contributed by atoms with E-state index in [0.717, 1.165) is 16.5 Å². The van der Waals surface area contributed by atoms with Crippen molar-refractivity contribution in [1.82, 2.24) is 4.57 Å². The second kappa shape index (κ2) is 6.13. The molecule has 0 saturated heterocycles. The van der Waals surface area contributed by atoms with Crippen molar-refractivity contribution in [2.24, 2.45) is 0 Å². The minimum atomic E-state index is -0.367. The molecule has 2 aromatic carbocycles. The van der Waals surface area contributed by atoms with Gasteiger partial charge in [-0.15, -0.1) is 0 Å². The van der Waals surface area contributed by atoms with Gasteiger partial charge in [-0.2, -0.15) is 0 Å². The van der Waals surface area contributed by atoms with E-state index < -0.39 is 0 Å². The van der Waals surface area contributed by atoms with E-state index in [4.69, 9.17) is 9.47 Å². The van der Waals surface area contributed by atoms with Crippen molar-refractivity contribution in [3.63, 3.8) is 0 Å². The fourth-order valence-electron chi connectivity index (χ4n) is 3.29. The van der Waals surface area contributed by atoms with Crippen molar-refractivity contribution >= 4 is 10.9 Å². The van der Waals surface area contributed by atoms with E-state index in [1.54, 1.807) is 0 Å². The van der Waals surface area contributed by atoms with Gasteiger partial charge in [0, 0.05) is 18.4 Å². The first-order valence-corrected chi connectivity index (χ1v) is 8.24. The zero-order valence-corrected chi connectivity index (χ0v) is 13.6. The van der Waals surface area contributed by atoms with Crippen LogP contribution >= 0.6 is 0 Å². The van der Waals surface area contributed by atoms with Crippen molar-refractivity contribution < 1.29 is 9.47 Å². The van der Waals surface area contributed by atoms with Gasteiger partial charge in [-0.05, 0) is 24.6 Å². The summed E-state index contributed by atoms with van der Waals surface area (Å²) in [5, 5.41) is 0.963. The van der Waals surface area contributed by atoms with Gasteiger partial charge in [0.05, 0.1) is 17.6 Å². The Morgan fingerprint density at radius 3 is 2.67 bits per heavy atom. The van der Waals surface area contributed by atoms with Gasteiger partial charge in [0.25, 0.3) is 5.56 Å². The molecule has 1 aliphatic heterocycles. The Bertz CT molecular complexity index is 931. The smallest absolute Gasteiger partial charge is 0.258 e. The van der Waals surface area contributed by atoms with Crippen LogP contribution in [0.5, 0.6) is 5.75 Å². The third-order valence-electron chi connectivity index (χ3n) is 4.37. The Hall–Kier alpha value is -2.59. The summed E-state index contributed by atoms with van der Waals surface area (Å²) in [6.07, 6.45) is 0.135. The first-order valence-electron chi connectivity index (χ1n) is 8.24. The lowest BCUT2D eigenvalue weighted by Gasteiger charge is -2.14. The lowest BCUT2D eigenvalue weighted by atomic mass is 10.1. The molecular weight excluding hydrogens is 302 g/mol. The lowest BCUT2D eigenvalue weighted by Crippen LogP contribution is -2.24. The highest BCUT2D eigenvalue weighted by Crippen LogP contribution is 2.34. The Balaban J connectivity index is 1.88. The largest absolute Gasteiger partial charge is 0.463 e. The summed E-state index contributed by atoms with van der Waals surface area (Å²) >= 11 is 0. The van der Waals surface area contributed by atoms with E-state index in [2.05, 4.69) is 0 Å². The summed E-state index contributed by atoms with van der Waals surface area (Å²) in [5.74, 6) is 0.679. The summed E-state index contributed by atoms with van der Waals surface area (Å²) in [6, 6.07) is 17.9. The zero-order valence-electron chi connectivity index (χ0n) is 13.6. The molecular formula is C20H19NO3. The summed E-state index contributed by atoms with van der Waals surface area (Å²) in [7, 11) is 0. The van der Waals surface area contributed by atoms with Crippen LogP contribution in [0, 0.1) is 0 Å². The number of ether oxygens (including phenoxy) is 2. The maximum atomic E-state index is 13.1. The van der Waals surface area contributed by atoms with Crippen molar-refractivity contribution in [3.8, 4) is 5.75 Å². The molecule has 3 aromatic rings. The minimum Gasteiger partial charge on any atom is -0.463 e. The van der Waals surface area contributed by atoms with Crippen LogP contribution in [0.1, 0.15) is 18.1 Å². The monoisotopic (exact) mass is 321 g/mol. The van der Waals surface area contributed by atoms with Gasteiger partial charge in [0.1, 0.15) is 5.75 Å². The molecule has 0 spiro atoms. The Kier molecular flexibility index (Phi) is 3.82. The number of nitrogens with zero attached hydrogens (tertiary/aromatic N) is 1. The predicted octanol–water partition coefficient (Wildman–Crippen LogP) is 3.35. The standard InChI is InChI=1S/C20H19NO3/c1-2-23-18-12-16-19(24-18)15-10-6-7-11-17(15)21(20(16)22)13-14-8-4-3-5-9-14/h3-11,18H,2,12-13H2,1H3. The number of hydrogen-bond donors (Lipinski definition) is 0. The van der Waals surface area contributed by atoms with Crippen LogP contribution in [0.15, 0.2) is 59.4 Å². The molecule has 4 heteroatoms. The first-order chi connectivity index (χ1) is 11.8. The number of pyridine rings is 1. The third kappa shape index (κ3) is 2.49. The number of aromatic nitrogens is 1. The second-order valence-electron chi connectivity index (χ2n) is 5.91. The maximum absolute atomic E-state index is 13.1. The molecule has 1 atom stereocenters. The van der Waals surface area contributed by atoms with Crippen LogP contribution in [-0.2, 0) is 17.7 Å². The zero-order chi connectivity index (χ0) is 16.5. The molecule has 1 unspecified atom stereocenters. The highest BCUT2D eigenvalue weighted by Gasteiger charge is 2.29. The number of fused-ring (bicyclic) bond motifs is 3. The minimum absolute atomic E-state index is 0.00903. The predicted molar refractivity (Wildman–Crippen MR) is 93.5 cm³/mol. The molecule has 24 heavy (non-hydrogen) atoms. The van der Waals surface area contributed by atoms with Gasteiger partial charge < -0.3 is 14.0 Å². The topological polar surface area (TPSA) is 40.5 Å². The lowest BCUT2D eigenvalue weighted by molar-refractivity contribution is -0.0596. The molecule has 1 aliphatic rings. The molecule has 4 nitrogen and oxygen atoms in total. The molecule has 0 N–H and O–H groups in total. The van der Waals surface area contributed by atoms with Crippen molar-refractivity contribution in [3.05, 3.63) is 76.1 Å². The summed E-state index contributed by atoms with van der Waals surface area (Å²) in [5.41, 5.74) is 2.71. The van der Waals surface area contributed by atoms with Gasteiger partial charge >= 0.3 is 0 Å². The van der Waals surface area contributed by atoms with Crippen LogP contribution in [0.4, 0.5) is 0 Å². The molecule has 2 heterocycles. The SMILES string of the molecule is CCOC1Cc2c(c3ccccc3n(Cc3ccccc3)c2=O)O1. The van der Waals surface area contributed by atoms with E-state index in [9.17, 15) is 4.79 Å². The Morgan fingerprint density at radius 1 is 1.12 bits per heavy atom. The average molecular weight is 321 g/mol. The van der Waals surface area contributed by atoms with Crippen LogP contribution in [0.25, 0.3) is 10.9 Å². The first kappa shape index (κ1) is 15.0. The fourth-order valence-corrected chi connectivity index (χ4v) is 3.29. The van der Waals surface area contributed by atoms with E-state index in [0.29, 0.717) is 30.9 Å². The maximum Gasteiger partial charge on any atom is 0.258 e. The van der Waals surface area contributed by atoms with Crippen LogP contribution in [0.3, 0.4) is 0 Å². The van der Waals surface area contributed by atoms with Crippen LogP contribution in [-0.4, -0.2) is 17.5 Å². The highest BCUT2D eigenvalue weighted by molar-refractivity contribution is 5.87. The van der Waals surface area contributed by atoms with Crippen LogP contribution in [0.2, 0.25) is 0 Å². The molecule has 1 aromatic heterocycles. The van der Waals surface area contributed by atoms with Gasteiger partial charge in [0.2, 0.25) is 6.29 Å². The number of para-hydroxylation sites is 1. The summed E-state index contributed by atoms with van der Waals surface area (Å²) in [6.45, 7) is 3.04. The molecule has 0 bridgehead atoms. The van der Waals surface area contributed by atoms with E-state index in [1.807, 2.05) is 66.1 Å². The molecule has 0 aliphatic carbocycles. The quantitative estimate of drug-likeness (QED) is 0.740. The number of rotatable bonds is 4. The molecule has 0 saturated carbocycles. The second-order valence-corrected chi connectivity index (χ2v) is 5.91. The molecule has 0 fully saturated rings. The van der Waals surface area contributed by atoms with Gasteiger partial charge in [-0.1, -0.05) is 42.5 Å². The third-order valence-corrected chi connectivity index (χ3v) is 4.37. The normalized spacial score (nSPS) is 16.1. The number of benzene rings is 2. The Morgan fingerprint density at radius 2 is 1.88 bits per heavy atom. The van der Waals surface area contributed by atoms with Gasteiger partial charge in [0.15, 0.2) is 0 Å². The highest BCUT2D eigenvalue weighted by atomic mass is 16.7. The fraction of sp³-hybridized carbons (Fsp3) is 0.250. The van der Waals surface area contributed by atoms with Crippen LogP contribution < -0.4 is 10.3 Å².